The molecular weight excluding hydrogens is 938 g/mol. The highest BCUT2D eigenvalue weighted by atomic mass is 16.5. The molecule has 8 aliphatic rings. The van der Waals surface area contributed by atoms with Crippen LogP contribution in [-0.4, -0.2) is 13.4 Å². The van der Waals surface area contributed by atoms with E-state index in [0.29, 0.717) is 0 Å². The molecule has 0 atom stereocenters. The normalized spacial score (nSPS) is 20.1. The predicted octanol–water partition coefficient (Wildman–Crippen LogP) is 14.1. The van der Waals surface area contributed by atoms with Gasteiger partial charge in [0.2, 0.25) is 0 Å². The Labute approximate surface area is 450 Å². The lowest BCUT2D eigenvalue weighted by Gasteiger charge is -2.57. The van der Waals surface area contributed by atoms with Crippen LogP contribution in [-0.2, 0) is 5.41 Å². The number of ether oxygens (including phenoxy) is 3. The highest BCUT2D eigenvalue weighted by Gasteiger charge is 2.53. The van der Waals surface area contributed by atoms with Gasteiger partial charge in [0.1, 0.15) is 34.5 Å². The number of para-hydroxylation sites is 5. The number of anilines is 6. The summed E-state index contributed by atoms with van der Waals surface area (Å²) in [4.78, 5) is 4.83. The van der Waals surface area contributed by atoms with E-state index >= 15 is 0 Å². The molecule has 0 spiro atoms. The summed E-state index contributed by atoms with van der Waals surface area (Å²) in [5.41, 5.74) is 19.8. The van der Waals surface area contributed by atoms with Crippen molar-refractivity contribution in [2.75, 3.05) is 9.80 Å². The maximum atomic E-state index is 7.50. The van der Waals surface area contributed by atoms with Crippen molar-refractivity contribution in [3.63, 3.8) is 0 Å². The number of fused-ring (bicyclic) bond motifs is 8. The van der Waals surface area contributed by atoms with Crippen LogP contribution >= 0.6 is 0 Å². The van der Waals surface area contributed by atoms with Gasteiger partial charge in [-0.3, -0.25) is 0 Å². The molecule has 77 heavy (non-hydrogen) atoms. The summed E-state index contributed by atoms with van der Waals surface area (Å²) in [7, 11) is 0. The van der Waals surface area contributed by atoms with Crippen LogP contribution < -0.4 is 56.8 Å². The van der Waals surface area contributed by atoms with Gasteiger partial charge >= 0.3 is 0 Å². The minimum atomic E-state index is -0.152. The zero-order valence-corrected chi connectivity index (χ0v) is 42.6. The lowest BCUT2D eigenvalue weighted by molar-refractivity contribution is -0.00492. The van der Waals surface area contributed by atoms with E-state index in [1.54, 1.807) is 0 Å². The summed E-state index contributed by atoms with van der Waals surface area (Å²) >= 11 is 0. The summed E-state index contributed by atoms with van der Waals surface area (Å²) in [5, 5.41) is 0. The Bertz CT molecular complexity index is 3980. The van der Waals surface area contributed by atoms with Gasteiger partial charge in [-0.1, -0.05) is 152 Å². The number of hydrogen-bond acceptors (Lipinski definition) is 5. The molecule has 4 heterocycles. The van der Waals surface area contributed by atoms with E-state index in [1.807, 2.05) is 0 Å². The zero-order valence-electron chi connectivity index (χ0n) is 42.6. The van der Waals surface area contributed by atoms with Gasteiger partial charge in [0, 0.05) is 45.9 Å². The fourth-order valence-electron chi connectivity index (χ4n) is 15.9. The van der Waals surface area contributed by atoms with Crippen molar-refractivity contribution in [3.05, 3.63) is 230 Å². The topological polar surface area (TPSA) is 34.2 Å². The Balaban J connectivity index is 0.866. The smallest absolute Gasteiger partial charge is 0.260 e. The molecule has 0 radical (unpaired) electrons. The second-order valence-electron chi connectivity index (χ2n) is 22.9. The first-order chi connectivity index (χ1) is 38.1. The van der Waals surface area contributed by atoms with Gasteiger partial charge in [-0.25, -0.2) is 0 Å². The van der Waals surface area contributed by atoms with Crippen molar-refractivity contribution in [1.82, 2.24) is 0 Å². The maximum Gasteiger partial charge on any atom is 0.260 e. The van der Waals surface area contributed by atoms with E-state index in [-0.39, 0.29) is 18.8 Å². The number of rotatable bonds is 7. The average Bonchev–Trinajstić information content (AvgIpc) is 3.66. The third kappa shape index (κ3) is 6.62. The van der Waals surface area contributed by atoms with E-state index in [1.165, 1.54) is 55.1 Å². The molecule has 0 unspecified atom stereocenters. The van der Waals surface area contributed by atoms with Gasteiger partial charge < -0.3 is 24.0 Å². The van der Waals surface area contributed by atoms with Crippen LogP contribution in [0.25, 0.3) is 22.3 Å². The lowest BCUT2D eigenvalue weighted by Crippen LogP contribution is -2.62. The standard InChI is InChI=1S/C70H52B2N2O3/c1-4-18-47(19-5-1)53-25-11-15-29-59(53)74-60-30-16-13-27-55(60)71-57-39-58-64(40-63(57)77-67-38-51(37-61(74)68(67)71)73(49-20-6-2-7-21-49)50-22-8-3-9-23-50)76-66-36-48(35-65-69(66)72(58)56-28-14-17-31-62(56)75-65)52-24-10-12-26-54(52)70-41-44-32-45(42-70)34-46(33-44)43-70/h1-31,35-40,44-46H,32-34,41-43H2. The zero-order chi connectivity index (χ0) is 50.3. The van der Waals surface area contributed by atoms with Gasteiger partial charge in [0.25, 0.3) is 13.4 Å². The van der Waals surface area contributed by atoms with Gasteiger partial charge in [0.05, 0.1) is 11.4 Å². The molecule has 0 aromatic heterocycles. The molecule has 18 rings (SSSR count). The summed E-state index contributed by atoms with van der Waals surface area (Å²) < 4.78 is 21.9. The first kappa shape index (κ1) is 43.6. The first-order valence-corrected chi connectivity index (χ1v) is 27.8. The molecule has 4 fully saturated rings. The second kappa shape index (κ2) is 16.7. The van der Waals surface area contributed by atoms with E-state index in [9.17, 15) is 0 Å². The summed E-state index contributed by atoms with van der Waals surface area (Å²) in [6.07, 6.45) is 8.18. The number of hydrogen-bond donors (Lipinski definition) is 0. The Morgan fingerprint density at radius 2 is 0.883 bits per heavy atom. The van der Waals surface area contributed by atoms with Gasteiger partial charge in [-0.2, -0.15) is 0 Å². The van der Waals surface area contributed by atoms with Crippen molar-refractivity contribution < 1.29 is 14.2 Å². The molecule has 10 aromatic rings. The molecule has 4 saturated carbocycles. The molecule has 0 amide bonds. The van der Waals surface area contributed by atoms with Crippen molar-refractivity contribution >= 4 is 80.3 Å². The monoisotopic (exact) mass is 990 g/mol. The van der Waals surface area contributed by atoms with Gasteiger partial charge in [-0.05, 0) is 172 Å². The quantitative estimate of drug-likeness (QED) is 0.149. The van der Waals surface area contributed by atoms with Crippen LogP contribution in [0.4, 0.5) is 34.1 Å². The second-order valence-corrected chi connectivity index (χ2v) is 22.9. The Morgan fingerprint density at radius 1 is 0.364 bits per heavy atom. The van der Waals surface area contributed by atoms with E-state index in [2.05, 4.69) is 234 Å². The molecule has 0 saturated heterocycles. The van der Waals surface area contributed by atoms with Crippen LogP contribution in [0.5, 0.6) is 34.5 Å². The molecular formula is C70H52B2N2O3. The first-order valence-electron chi connectivity index (χ1n) is 27.8. The third-order valence-electron chi connectivity index (χ3n) is 18.5. The van der Waals surface area contributed by atoms with Crippen molar-refractivity contribution in [1.29, 1.82) is 0 Å². The predicted molar refractivity (Wildman–Crippen MR) is 315 cm³/mol. The molecule has 4 aliphatic heterocycles. The summed E-state index contributed by atoms with van der Waals surface area (Å²) in [5.74, 6) is 7.60. The van der Waals surface area contributed by atoms with Crippen LogP contribution in [0.1, 0.15) is 44.1 Å². The van der Waals surface area contributed by atoms with E-state index in [0.717, 1.165) is 130 Å². The third-order valence-corrected chi connectivity index (χ3v) is 18.5. The molecule has 0 N–H and O–H groups in total. The van der Waals surface area contributed by atoms with Crippen molar-refractivity contribution in [3.8, 4) is 56.8 Å². The van der Waals surface area contributed by atoms with Crippen molar-refractivity contribution in [2.24, 2.45) is 17.8 Å². The fourth-order valence-corrected chi connectivity index (χ4v) is 15.9. The highest BCUT2D eigenvalue weighted by Crippen LogP contribution is 2.62. The SMILES string of the molecule is c1ccc(-c2ccccc2N2c3ccccc3B3c4cc5c(cc4Oc4cc(N(c6ccccc6)c6ccccc6)cc2c43)Oc2cc(-c3ccccc3C34CC6CC(CC(C6)C3)C4)cc3c2B5c2ccccc2O3)cc1. The van der Waals surface area contributed by atoms with Crippen LogP contribution in [0.15, 0.2) is 224 Å². The summed E-state index contributed by atoms with van der Waals surface area (Å²) in [6, 6.07) is 81.7. The molecule has 7 heteroatoms. The van der Waals surface area contributed by atoms with Gasteiger partial charge in [0.15, 0.2) is 0 Å². The Morgan fingerprint density at radius 3 is 1.56 bits per heavy atom. The Hall–Kier alpha value is -8.67. The summed E-state index contributed by atoms with van der Waals surface area (Å²) in [6.45, 7) is -0.270. The van der Waals surface area contributed by atoms with Gasteiger partial charge in [-0.15, -0.1) is 0 Å². The average molecular weight is 991 g/mol. The molecule has 4 bridgehead atoms. The van der Waals surface area contributed by atoms with Crippen molar-refractivity contribution in [2.45, 2.75) is 43.9 Å². The van der Waals surface area contributed by atoms with Crippen LogP contribution in [0.2, 0.25) is 0 Å². The number of benzene rings is 10. The molecule has 10 aromatic carbocycles. The minimum Gasteiger partial charge on any atom is -0.458 e. The molecule has 366 valence electrons. The molecule has 4 aliphatic carbocycles. The maximum absolute atomic E-state index is 7.50. The van der Waals surface area contributed by atoms with E-state index in [4.69, 9.17) is 14.2 Å². The largest absolute Gasteiger partial charge is 0.458 e. The Kier molecular flexibility index (Phi) is 9.43. The van der Waals surface area contributed by atoms with Crippen LogP contribution in [0.3, 0.4) is 0 Å². The molecule has 5 nitrogen and oxygen atoms in total. The van der Waals surface area contributed by atoms with Crippen LogP contribution in [0, 0.1) is 17.8 Å². The highest BCUT2D eigenvalue weighted by molar-refractivity contribution is 7.01. The minimum absolute atomic E-state index is 0.118. The number of nitrogens with zero attached hydrogens (tertiary/aromatic N) is 2. The fraction of sp³-hybridized carbons (Fsp3) is 0.143. The van der Waals surface area contributed by atoms with E-state index < -0.39 is 0 Å². The lowest BCUT2D eigenvalue weighted by atomic mass is 9.31.